The molecule has 0 aliphatic rings. The van der Waals surface area contributed by atoms with E-state index >= 15 is 0 Å². The molecule has 0 heterocycles. The second-order valence-electron chi connectivity index (χ2n) is 3.92. The van der Waals surface area contributed by atoms with Crippen LogP contribution in [0.25, 0.3) is 0 Å². The fraction of sp³-hybridized carbons (Fsp3) is 0.462. The summed E-state index contributed by atoms with van der Waals surface area (Å²) in [5.41, 5.74) is 6.84. The van der Waals surface area contributed by atoms with E-state index in [1.54, 1.807) is 0 Å². The van der Waals surface area contributed by atoms with Crippen molar-refractivity contribution < 1.29 is 14.6 Å². The predicted molar refractivity (Wildman–Crippen MR) is 69.0 cm³/mol. The number of hydrogen-bond acceptors (Lipinski definition) is 4. The summed E-state index contributed by atoms with van der Waals surface area (Å²) in [5.74, 6) is -0.188. The molecule has 0 fully saturated rings. The van der Waals surface area contributed by atoms with Crippen molar-refractivity contribution in [1.82, 2.24) is 5.32 Å². The lowest BCUT2D eigenvalue weighted by Gasteiger charge is -2.12. The molecular weight excluding hydrogens is 232 g/mol. The molecule has 0 bridgehead atoms. The van der Waals surface area contributed by atoms with Crippen molar-refractivity contribution in [3.05, 3.63) is 35.9 Å². The highest BCUT2D eigenvalue weighted by Gasteiger charge is 2.12. The number of amides is 1. The molecule has 1 aromatic carbocycles. The van der Waals surface area contributed by atoms with Gasteiger partial charge in [-0.1, -0.05) is 30.3 Å². The largest absolute Gasteiger partial charge is 0.394 e. The number of carbonyl (C=O) groups excluding carboxylic acids is 1. The van der Waals surface area contributed by atoms with Gasteiger partial charge in [-0.05, 0) is 12.0 Å². The average Bonchev–Trinajstić information content (AvgIpc) is 2.39. The van der Waals surface area contributed by atoms with Gasteiger partial charge in [-0.25, -0.2) is 0 Å². The highest BCUT2D eigenvalue weighted by Crippen LogP contribution is 2.01. The molecule has 100 valence electrons. The molecule has 1 rings (SSSR count). The summed E-state index contributed by atoms with van der Waals surface area (Å²) in [7, 11) is 0. The van der Waals surface area contributed by atoms with Crippen LogP contribution in [0.1, 0.15) is 5.56 Å². The maximum absolute atomic E-state index is 11.6. The topological polar surface area (TPSA) is 84.6 Å². The molecule has 5 heteroatoms. The molecule has 4 N–H and O–H groups in total. The van der Waals surface area contributed by atoms with E-state index in [-0.39, 0.29) is 19.1 Å². The second-order valence-corrected chi connectivity index (χ2v) is 3.92. The van der Waals surface area contributed by atoms with Crippen LogP contribution in [0.15, 0.2) is 30.3 Å². The van der Waals surface area contributed by atoms with E-state index in [9.17, 15) is 4.79 Å². The first-order valence-electron chi connectivity index (χ1n) is 6.00. The molecule has 0 radical (unpaired) electrons. The highest BCUT2D eigenvalue weighted by molar-refractivity contribution is 5.81. The van der Waals surface area contributed by atoms with Crippen LogP contribution >= 0.6 is 0 Å². The monoisotopic (exact) mass is 252 g/mol. The summed E-state index contributed by atoms with van der Waals surface area (Å²) in [5, 5.41) is 11.2. The fourth-order valence-electron chi connectivity index (χ4n) is 1.50. The van der Waals surface area contributed by atoms with Crippen LogP contribution in [0.2, 0.25) is 0 Å². The summed E-state index contributed by atoms with van der Waals surface area (Å²) in [4.78, 5) is 11.6. The van der Waals surface area contributed by atoms with Crippen LogP contribution in [-0.2, 0) is 16.0 Å². The van der Waals surface area contributed by atoms with Gasteiger partial charge in [-0.15, -0.1) is 0 Å². The van der Waals surface area contributed by atoms with Crippen LogP contribution in [0.3, 0.4) is 0 Å². The summed E-state index contributed by atoms with van der Waals surface area (Å²) >= 11 is 0. The van der Waals surface area contributed by atoms with E-state index in [1.165, 1.54) is 0 Å². The Morgan fingerprint density at radius 2 is 2.06 bits per heavy atom. The van der Waals surface area contributed by atoms with Gasteiger partial charge in [-0.2, -0.15) is 0 Å². The zero-order valence-corrected chi connectivity index (χ0v) is 10.3. The van der Waals surface area contributed by atoms with Gasteiger partial charge in [0.25, 0.3) is 0 Å². The highest BCUT2D eigenvalue weighted by atomic mass is 16.5. The molecule has 1 amide bonds. The number of nitrogens with one attached hydrogen (secondary N) is 1. The molecule has 0 unspecified atom stereocenters. The van der Waals surface area contributed by atoms with E-state index in [4.69, 9.17) is 15.6 Å². The predicted octanol–water partition coefficient (Wildman–Crippen LogP) is -0.318. The molecule has 0 aliphatic carbocycles. The third-order valence-electron chi connectivity index (χ3n) is 2.42. The maximum Gasteiger partial charge on any atom is 0.237 e. The Labute approximate surface area is 107 Å². The first-order valence-corrected chi connectivity index (χ1v) is 6.00. The van der Waals surface area contributed by atoms with Crippen LogP contribution in [0, 0.1) is 0 Å². The standard InChI is InChI=1S/C13H20N2O3/c14-12(10-11-4-2-1-3-5-11)13(17)15-6-8-18-9-7-16/h1-5,12,16H,6-10,14H2,(H,15,17)/t12-/m1/s1. The lowest BCUT2D eigenvalue weighted by molar-refractivity contribution is -0.122. The number of nitrogens with two attached hydrogens (primary N) is 1. The van der Waals surface area contributed by atoms with Crippen molar-refractivity contribution in [3.8, 4) is 0 Å². The van der Waals surface area contributed by atoms with Gasteiger partial charge < -0.3 is 20.9 Å². The van der Waals surface area contributed by atoms with E-state index in [0.717, 1.165) is 5.56 Å². The lowest BCUT2D eigenvalue weighted by Crippen LogP contribution is -2.43. The summed E-state index contributed by atoms with van der Waals surface area (Å²) in [6.07, 6.45) is 0.518. The number of hydrogen-bond donors (Lipinski definition) is 3. The fourth-order valence-corrected chi connectivity index (χ4v) is 1.50. The van der Waals surface area contributed by atoms with Gasteiger partial charge in [-0.3, -0.25) is 4.79 Å². The number of carbonyl (C=O) groups is 1. The molecule has 0 aliphatic heterocycles. The molecule has 1 atom stereocenters. The number of rotatable bonds is 8. The van der Waals surface area contributed by atoms with Gasteiger partial charge in [0.1, 0.15) is 0 Å². The van der Waals surface area contributed by atoms with Crippen molar-refractivity contribution in [2.75, 3.05) is 26.4 Å². The maximum atomic E-state index is 11.6. The molecule has 1 aromatic rings. The Bertz CT molecular complexity index is 343. The summed E-state index contributed by atoms with van der Waals surface area (Å²) in [6.45, 7) is 1.05. The molecule has 0 saturated heterocycles. The number of aliphatic hydroxyl groups is 1. The molecular formula is C13H20N2O3. The number of ether oxygens (including phenoxy) is 1. The van der Waals surface area contributed by atoms with Gasteiger partial charge >= 0.3 is 0 Å². The molecule has 0 saturated carbocycles. The van der Waals surface area contributed by atoms with E-state index in [1.807, 2.05) is 30.3 Å². The van der Waals surface area contributed by atoms with E-state index in [2.05, 4.69) is 5.32 Å². The second kappa shape index (κ2) is 8.63. The van der Waals surface area contributed by atoms with Crippen molar-refractivity contribution in [2.24, 2.45) is 5.73 Å². The zero-order valence-electron chi connectivity index (χ0n) is 10.3. The Kier molecular flexibility index (Phi) is 7.01. The van der Waals surface area contributed by atoms with Crippen molar-refractivity contribution in [3.63, 3.8) is 0 Å². The normalized spacial score (nSPS) is 12.1. The number of benzene rings is 1. The Balaban J connectivity index is 2.21. The van der Waals surface area contributed by atoms with Crippen LogP contribution in [0.4, 0.5) is 0 Å². The summed E-state index contributed by atoms with van der Waals surface area (Å²) < 4.78 is 5.03. The van der Waals surface area contributed by atoms with E-state index < -0.39 is 6.04 Å². The van der Waals surface area contributed by atoms with Crippen molar-refractivity contribution in [2.45, 2.75) is 12.5 Å². The van der Waals surface area contributed by atoms with Gasteiger partial charge in [0.05, 0.1) is 25.9 Å². The Hall–Kier alpha value is -1.43. The van der Waals surface area contributed by atoms with Gasteiger partial charge in [0, 0.05) is 6.54 Å². The van der Waals surface area contributed by atoms with Crippen LogP contribution in [-0.4, -0.2) is 43.4 Å². The quantitative estimate of drug-likeness (QED) is 0.554. The van der Waals surface area contributed by atoms with Crippen molar-refractivity contribution in [1.29, 1.82) is 0 Å². The van der Waals surface area contributed by atoms with Crippen molar-refractivity contribution >= 4 is 5.91 Å². The minimum Gasteiger partial charge on any atom is -0.394 e. The lowest BCUT2D eigenvalue weighted by atomic mass is 10.1. The smallest absolute Gasteiger partial charge is 0.237 e. The summed E-state index contributed by atoms with van der Waals surface area (Å²) in [6, 6.07) is 9.10. The minimum absolute atomic E-state index is 0.0124. The Morgan fingerprint density at radius 3 is 2.72 bits per heavy atom. The molecule has 0 aromatic heterocycles. The third-order valence-corrected chi connectivity index (χ3v) is 2.42. The molecule has 18 heavy (non-hydrogen) atoms. The molecule has 5 nitrogen and oxygen atoms in total. The zero-order chi connectivity index (χ0) is 13.2. The van der Waals surface area contributed by atoms with Gasteiger partial charge in [0.15, 0.2) is 0 Å². The van der Waals surface area contributed by atoms with Crippen LogP contribution < -0.4 is 11.1 Å². The SMILES string of the molecule is N[C@H](Cc1ccccc1)C(=O)NCCOCCO. The minimum atomic E-state index is -0.551. The average molecular weight is 252 g/mol. The first kappa shape index (κ1) is 14.6. The van der Waals surface area contributed by atoms with Gasteiger partial charge in [0.2, 0.25) is 5.91 Å². The first-order chi connectivity index (χ1) is 8.74. The Morgan fingerprint density at radius 1 is 1.33 bits per heavy atom. The molecule has 0 spiro atoms. The number of aliphatic hydroxyl groups excluding tert-OH is 1. The van der Waals surface area contributed by atoms with Crippen LogP contribution in [0.5, 0.6) is 0 Å². The van der Waals surface area contributed by atoms with E-state index in [0.29, 0.717) is 19.6 Å². The third kappa shape index (κ3) is 5.77.